The summed E-state index contributed by atoms with van der Waals surface area (Å²) < 4.78 is 13.0. The smallest absolute Gasteiger partial charge is 0.186 e. The highest BCUT2D eigenvalue weighted by Gasteiger charge is 2.24. The van der Waals surface area contributed by atoms with Crippen molar-refractivity contribution in [1.82, 2.24) is 4.98 Å². The van der Waals surface area contributed by atoms with Gasteiger partial charge in [0, 0.05) is 11.8 Å². The Balaban J connectivity index is 2.40. The first kappa shape index (κ1) is 12.9. The number of benzene rings is 1. The van der Waals surface area contributed by atoms with Gasteiger partial charge >= 0.3 is 0 Å². The van der Waals surface area contributed by atoms with E-state index in [2.05, 4.69) is 4.98 Å². The van der Waals surface area contributed by atoms with Crippen LogP contribution in [0.4, 0.5) is 4.39 Å². The normalized spacial score (nSPS) is 11.6. The van der Waals surface area contributed by atoms with Gasteiger partial charge in [-0.25, -0.2) is 4.39 Å². The molecule has 0 N–H and O–H groups in total. The molecule has 0 saturated heterocycles. The van der Waals surface area contributed by atoms with Crippen LogP contribution in [-0.4, -0.2) is 10.8 Å². The summed E-state index contributed by atoms with van der Waals surface area (Å²) in [5.41, 5.74) is 1.26. The molecule has 2 aromatic rings. The number of halogens is 1. The number of Topliss-reactive ketones (excluding diaryl/α,β-unsaturated/α-hetero) is 1. The number of hydrogen-bond acceptors (Lipinski definition) is 3. The highest BCUT2D eigenvalue weighted by atomic mass is 19.1. The Bertz CT molecular complexity index is 647. The molecule has 0 fully saturated rings. The molecular formula is C15H11FN2O. The molecule has 19 heavy (non-hydrogen) atoms. The lowest BCUT2D eigenvalue weighted by atomic mass is 9.93. The average Bonchev–Trinajstić information content (AvgIpc) is 2.40. The molecule has 0 bridgehead atoms. The molecular weight excluding hydrogens is 243 g/mol. The third-order valence-corrected chi connectivity index (χ3v) is 2.83. The molecule has 0 saturated carbocycles. The van der Waals surface area contributed by atoms with Crippen molar-refractivity contribution in [3.63, 3.8) is 0 Å². The van der Waals surface area contributed by atoms with Crippen molar-refractivity contribution in [2.45, 2.75) is 12.8 Å². The Labute approximate surface area is 110 Å². The van der Waals surface area contributed by atoms with Crippen LogP contribution in [0.25, 0.3) is 0 Å². The number of hydrogen-bond donors (Lipinski definition) is 0. The van der Waals surface area contributed by atoms with E-state index in [0.717, 1.165) is 0 Å². The van der Waals surface area contributed by atoms with Gasteiger partial charge in [-0.3, -0.25) is 9.78 Å². The third-order valence-electron chi connectivity index (χ3n) is 2.83. The highest BCUT2D eigenvalue weighted by Crippen LogP contribution is 2.21. The molecule has 0 aliphatic heterocycles. The lowest BCUT2D eigenvalue weighted by molar-refractivity contribution is 0.0977. The summed E-state index contributed by atoms with van der Waals surface area (Å²) in [6.45, 7) is 1.64. The fraction of sp³-hybridized carbons (Fsp3) is 0.133. The van der Waals surface area contributed by atoms with Crippen molar-refractivity contribution in [2.75, 3.05) is 0 Å². The number of nitrogens with zero attached hydrogens (tertiary/aromatic N) is 2. The van der Waals surface area contributed by atoms with Crippen LogP contribution < -0.4 is 0 Å². The van der Waals surface area contributed by atoms with Crippen molar-refractivity contribution < 1.29 is 9.18 Å². The van der Waals surface area contributed by atoms with E-state index in [0.29, 0.717) is 16.8 Å². The average molecular weight is 254 g/mol. The highest BCUT2D eigenvalue weighted by molar-refractivity contribution is 6.03. The molecule has 2 rings (SSSR count). The number of ketones is 1. The Hall–Kier alpha value is -2.54. The number of aryl methyl sites for hydroxylation is 1. The lowest BCUT2D eigenvalue weighted by Crippen LogP contribution is -2.14. The predicted molar refractivity (Wildman–Crippen MR) is 68.1 cm³/mol. The van der Waals surface area contributed by atoms with Crippen LogP contribution in [0, 0.1) is 24.1 Å². The Morgan fingerprint density at radius 3 is 2.74 bits per heavy atom. The number of pyridine rings is 1. The number of rotatable bonds is 3. The first-order chi connectivity index (χ1) is 9.13. The van der Waals surface area contributed by atoms with E-state index >= 15 is 0 Å². The SMILES string of the molecule is Cc1cc(F)ccc1C(=O)C(C#N)c1ccccn1. The van der Waals surface area contributed by atoms with Crippen LogP contribution in [-0.2, 0) is 0 Å². The van der Waals surface area contributed by atoms with Gasteiger partial charge in [0.25, 0.3) is 0 Å². The summed E-state index contributed by atoms with van der Waals surface area (Å²) in [6, 6.07) is 10.9. The van der Waals surface area contributed by atoms with Crippen LogP contribution in [0.2, 0.25) is 0 Å². The van der Waals surface area contributed by atoms with Gasteiger partial charge in [0.15, 0.2) is 11.7 Å². The monoisotopic (exact) mass is 254 g/mol. The molecule has 0 spiro atoms. The Kier molecular flexibility index (Phi) is 3.67. The summed E-state index contributed by atoms with van der Waals surface area (Å²) in [4.78, 5) is 16.3. The van der Waals surface area contributed by atoms with E-state index in [-0.39, 0.29) is 5.78 Å². The van der Waals surface area contributed by atoms with Crippen LogP contribution >= 0.6 is 0 Å². The van der Waals surface area contributed by atoms with Gasteiger partial charge in [0.1, 0.15) is 5.82 Å². The summed E-state index contributed by atoms with van der Waals surface area (Å²) in [5, 5.41) is 9.17. The summed E-state index contributed by atoms with van der Waals surface area (Å²) in [5.74, 6) is -1.73. The molecule has 1 unspecified atom stereocenters. The van der Waals surface area contributed by atoms with Crippen molar-refractivity contribution in [3.05, 3.63) is 65.2 Å². The zero-order valence-electron chi connectivity index (χ0n) is 10.3. The second-order valence-corrected chi connectivity index (χ2v) is 4.14. The number of carbonyl (C=O) groups excluding carboxylic acids is 1. The maximum atomic E-state index is 13.0. The largest absolute Gasteiger partial charge is 0.292 e. The van der Waals surface area contributed by atoms with Crippen LogP contribution in [0.1, 0.15) is 27.5 Å². The van der Waals surface area contributed by atoms with E-state index in [1.54, 1.807) is 25.1 Å². The fourth-order valence-electron chi connectivity index (χ4n) is 1.86. The molecule has 3 nitrogen and oxygen atoms in total. The molecule has 4 heteroatoms. The maximum Gasteiger partial charge on any atom is 0.186 e. The van der Waals surface area contributed by atoms with Gasteiger partial charge in [0.2, 0.25) is 0 Å². The minimum absolute atomic E-state index is 0.346. The molecule has 94 valence electrons. The molecule has 0 aliphatic rings. The van der Waals surface area contributed by atoms with Gasteiger partial charge in [-0.2, -0.15) is 5.26 Å². The quantitative estimate of drug-likeness (QED) is 0.791. The number of aromatic nitrogens is 1. The van der Waals surface area contributed by atoms with Gasteiger partial charge in [-0.05, 0) is 42.8 Å². The number of nitriles is 1. The zero-order valence-corrected chi connectivity index (χ0v) is 10.3. The van der Waals surface area contributed by atoms with Crippen molar-refractivity contribution in [3.8, 4) is 6.07 Å². The Morgan fingerprint density at radius 1 is 1.37 bits per heavy atom. The molecule has 1 atom stereocenters. The third kappa shape index (κ3) is 2.66. The van der Waals surface area contributed by atoms with E-state index in [1.165, 1.54) is 24.4 Å². The Morgan fingerprint density at radius 2 is 2.16 bits per heavy atom. The van der Waals surface area contributed by atoms with E-state index in [1.807, 2.05) is 6.07 Å². The van der Waals surface area contributed by atoms with E-state index < -0.39 is 11.7 Å². The van der Waals surface area contributed by atoms with Crippen molar-refractivity contribution in [1.29, 1.82) is 5.26 Å². The standard InChI is InChI=1S/C15H11FN2O/c1-10-8-11(16)5-6-12(10)15(19)13(9-17)14-4-2-3-7-18-14/h2-8,13H,1H3. The van der Waals surface area contributed by atoms with Gasteiger partial charge < -0.3 is 0 Å². The topological polar surface area (TPSA) is 53.8 Å². The van der Waals surface area contributed by atoms with Gasteiger partial charge in [0.05, 0.1) is 11.8 Å². The summed E-state index contributed by atoms with van der Waals surface area (Å²) in [7, 11) is 0. The molecule has 1 aromatic carbocycles. The van der Waals surface area contributed by atoms with Crippen molar-refractivity contribution in [2.24, 2.45) is 0 Å². The van der Waals surface area contributed by atoms with E-state index in [9.17, 15) is 14.4 Å². The predicted octanol–water partition coefficient (Wildman–Crippen LogP) is 3.02. The maximum absolute atomic E-state index is 13.0. The zero-order chi connectivity index (χ0) is 13.8. The second-order valence-electron chi connectivity index (χ2n) is 4.14. The first-order valence-corrected chi connectivity index (χ1v) is 5.74. The summed E-state index contributed by atoms with van der Waals surface area (Å²) >= 11 is 0. The molecule has 1 heterocycles. The number of carbonyl (C=O) groups is 1. The van der Waals surface area contributed by atoms with E-state index in [4.69, 9.17) is 0 Å². The minimum atomic E-state index is -0.967. The molecule has 1 aromatic heterocycles. The van der Waals surface area contributed by atoms with Crippen LogP contribution in [0.5, 0.6) is 0 Å². The first-order valence-electron chi connectivity index (χ1n) is 5.74. The molecule has 0 aliphatic carbocycles. The van der Waals surface area contributed by atoms with Gasteiger partial charge in [-0.1, -0.05) is 6.07 Å². The van der Waals surface area contributed by atoms with Crippen LogP contribution in [0.15, 0.2) is 42.6 Å². The molecule has 0 amide bonds. The summed E-state index contributed by atoms with van der Waals surface area (Å²) in [6.07, 6.45) is 1.53. The minimum Gasteiger partial charge on any atom is -0.292 e. The lowest BCUT2D eigenvalue weighted by Gasteiger charge is -2.09. The van der Waals surface area contributed by atoms with Crippen LogP contribution in [0.3, 0.4) is 0 Å². The van der Waals surface area contributed by atoms with Crippen molar-refractivity contribution >= 4 is 5.78 Å². The second kappa shape index (κ2) is 5.40. The molecule has 0 radical (unpaired) electrons. The van der Waals surface area contributed by atoms with Gasteiger partial charge in [-0.15, -0.1) is 0 Å². The fourth-order valence-corrected chi connectivity index (χ4v) is 1.86.